The van der Waals surface area contributed by atoms with Crippen molar-refractivity contribution < 1.29 is 4.42 Å². The average Bonchev–Trinajstić information content (AvgIpc) is 4.18. The maximum Gasteiger partial charge on any atom is 0.234 e. The number of benzene rings is 10. The summed E-state index contributed by atoms with van der Waals surface area (Å²) in [5.41, 5.74) is 10.6. The molecule has 6 nitrogen and oxygen atoms in total. The van der Waals surface area contributed by atoms with Crippen LogP contribution in [0.15, 0.2) is 253 Å². The van der Waals surface area contributed by atoms with Crippen molar-refractivity contribution in [2.24, 2.45) is 0 Å². The molecule has 0 amide bonds. The predicted octanol–water partition coefficient (Wildman–Crippen LogP) is 13.0. The van der Waals surface area contributed by atoms with Crippen molar-refractivity contribution in [1.29, 1.82) is 0 Å². The summed E-state index contributed by atoms with van der Waals surface area (Å²) in [4.78, 5) is 11.1. The number of para-hydroxylation sites is 6. The monoisotopic (exact) mass is 923 g/mol. The molecule has 7 heteroatoms. The average molecular weight is 924 g/mol. The number of aromatic nitrogens is 5. The van der Waals surface area contributed by atoms with E-state index >= 15 is 0 Å². The second-order valence-corrected chi connectivity index (χ2v) is 22.2. The van der Waals surface area contributed by atoms with Gasteiger partial charge in [-0.2, -0.15) is 0 Å². The molecular formula is C64H41N5OSi. The third kappa shape index (κ3) is 5.69. The van der Waals surface area contributed by atoms with Gasteiger partial charge in [0.2, 0.25) is 14.0 Å². The van der Waals surface area contributed by atoms with Gasteiger partial charge in [-0.25, -0.2) is 9.97 Å². The van der Waals surface area contributed by atoms with E-state index in [2.05, 4.69) is 250 Å². The Bertz CT molecular complexity index is 4280. The zero-order chi connectivity index (χ0) is 46.6. The summed E-state index contributed by atoms with van der Waals surface area (Å²) in [6, 6.07) is 87.6. The van der Waals surface area contributed by atoms with E-state index in [-0.39, 0.29) is 0 Å². The van der Waals surface area contributed by atoms with Crippen molar-refractivity contribution in [3.63, 3.8) is 0 Å². The van der Waals surface area contributed by atoms with Crippen LogP contribution in [0, 0.1) is 0 Å². The summed E-state index contributed by atoms with van der Waals surface area (Å²) in [6.07, 6.45) is 1.96. The van der Waals surface area contributed by atoms with Crippen molar-refractivity contribution in [1.82, 2.24) is 23.7 Å². The van der Waals surface area contributed by atoms with Crippen molar-refractivity contribution >= 4 is 116 Å². The number of fused-ring (bicyclic) bond motifs is 12. The third-order valence-corrected chi connectivity index (χ3v) is 19.5. The summed E-state index contributed by atoms with van der Waals surface area (Å²) < 4.78 is 14.0. The molecule has 0 fully saturated rings. The lowest BCUT2D eigenvalue weighted by Crippen LogP contribution is -2.75. The van der Waals surface area contributed by atoms with Gasteiger partial charge in [0.15, 0.2) is 0 Å². The maximum absolute atomic E-state index is 6.94. The van der Waals surface area contributed by atoms with Crippen LogP contribution < -0.4 is 20.9 Å². The quantitative estimate of drug-likeness (QED) is 0.118. The van der Waals surface area contributed by atoms with Crippen LogP contribution in [0.3, 0.4) is 0 Å². The molecule has 5 aromatic heterocycles. The van der Waals surface area contributed by atoms with Gasteiger partial charge in [-0.1, -0.05) is 170 Å². The van der Waals surface area contributed by atoms with Gasteiger partial charge in [-0.05, 0) is 88.4 Å². The number of rotatable bonds is 7. The van der Waals surface area contributed by atoms with E-state index in [1.807, 2.05) is 12.3 Å². The fraction of sp³-hybridized carbons (Fsp3) is 0. The Morgan fingerprint density at radius 3 is 1.30 bits per heavy atom. The van der Waals surface area contributed by atoms with E-state index in [0.717, 1.165) is 65.6 Å². The minimum atomic E-state index is -3.27. The first-order chi connectivity index (χ1) is 35.2. The summed E-state index contributed by atoms with van der Waals surface area (Å²) in [5, 5.41) is 13.8. The number of hydrogen-bond donors (Lipinski definition) is 0. The van der Waals surface area contributed by atoms with E-state index in [4.69, 9.17) is 14.4 Å². The summed E-state index contributed by atoms with van der Waals surface area (Å²) >= 11 is 0. The Hall–Kier alpha value is -9.30. The highest BCUT2D eigenvalue weighted by Crippen LogP contribution is 2.39. The van der Waals surface area contributed by atoms with Crippen LogP contribution in [-0.4, -0.2) is 31.7 Å². The molecule has 0 N–H and O–H groups in total. The van der Waals surface area contributed by atoms with Crippen LogP contribution >= 0.6 is 0 Å². The Kier molecular flexibility index (Phi) is 8.58. The summed E-state index contributed by atoms with van der Waals surface area (Å²) in [6.45, 7) is 0. The topological polar surface area (TPSA) is 53.7 Å². The Morgan fingerprint density at radius 1 is 0.338 bits per heavy atom. The van der Waals surface area contributed by atoms with E-state index in [1.165, 1.54) is 54.0 Å². The van der Waals surface area contributed by atoms with Gasteiger partial charge in [0.05, 0.1) is 33.1 Å². The predicted molar refractivity (Wildman–Crippen MR) is 296 cm³/mol. The lowest BCUT2D eigenvalue weighted by atomic mass is 10.1. The lowest BCUT2D eigenvalue weighted by molar-refractivity contribution is 0.671. The van der Waals surface area contributed by atoms with Gasteiger partial charge < -0.3 is 13.6 Å². The van der Waals surface area contributed by atoms with Gasteiger partial charge in [0, 0.05) is 66.0 Å². The maximum atomic E-state index is 6.94. The van der Waals surface area contributed by atoms with E-state index in [0.29, 0.717) is 5.95 Å². The molecule has 0 unspecified atom stereocenters. The van der Waals surface area contributed by atoms with Gasteiger partial charge in [-0.15, -0.1) is 0 Å². The first kappa shape index (κ1) is 39.7. The second kappa shape index (κ2) is 15.4. The van der Waals surface area contributed by atoms with Gasteiger partial charge in [0.25, 0.3) is 0 Å². The number of hydrogen-bond acceptors (Lipinski definition) is 3. The standard InChI is InChI=1S/C64H41N5OSi/c1-3-18-44(19-4-1)71(45-20-5-2-6-21-45,61-33-17-27-51-50-26-11-16-32-60(50)70-63(51)61)62-38-39-65-64(66-62)69-58-36-34-42(67-54-28-12-7-22-46(54)47-23-8-13-29-55(47)67)40-52(58)53-41-43(35-37-59(53)69)68-56-30-14-9-24-48(56)49-25-10-15-31-57(49)68/h1-41H. The first-order valence-corrected chi connectivity index (χ1v) is 26.1. The number of nitrogens with zero attached hydrogens (tertiary/aromatic N) is 5. The molecule has 0 aliphatic carbocycles. The largest absolute Gasteiger partial charge is 0.456 e. The fourth-order valence-corrected chi connectivity index (χ4v) is 16.6. The molecule has 0 bridgehead atoms. The van der Waals surface area contributed by atoms with Crippen molar-refractivity contribution in [3.05, 3.63) is 249 Å². The molecule has 0 radical (unpaired) electrons. The molecule has 71 heavy (non-hydrogen) atoms. The minimum absolute atomic E-state index is 0.609. The van der Waals surface area contributed by atoms with Crippen LogP contribution in [0.25, 0.3) is 105 Å². The van der Waals surface area contributed by atoms with Crippen LogP contribution in [0.4, 0.5) is 0 Å². The molecule has 15 aromatic rings. The molecule has 0 atom stereocenters. The van der Waals surface area contributed by atoms with Gasteiger partial charge in [0.1, 0.15) is 11.2 Å². The van der Waals surface area contributed by atoms with Crippen LogP contribution in [0.5, 0.6) is 0 Å². The van der Waals surface area contributed by atoms with Gasteiger partial charge >= 0.3 is 0 Å². The third-order valence-electron chi connectivity index (χ3n) is 14.9. The minimum Gasteiger partial charge on any atom is -0.456 e. The molecule has 332 valence electrons. The van der Waals surface area contributed by atoms with E-state index in [9.17, 15) is 0 Å². The van der Waals surface area contributed by atoms with Gasteiger partial charge in [-0.3, -0.25) is 4.57 Å². The fourth-order valence-electron chi connectivity index (χ4n) is 11.9. The zero-order valence-electron chi connectivity index (χ0n) is 38.3. The Morgan fingerprint density at radius 2 is 0.775 bits per heavy atom. The molecular weight excluding hydrogens is 883 g/mol. The smallest absolute Gasteiger partial charge is 0.234 e. The van der Waals surface area contributed by atoms with E-state index < -0.39 is 8.07 Å². The molecule has 0 spiro atoms. The van der Waals surface area contributed by atoms with Crippen molar-refractivity contribution in [2.75, 3.05) is 0 Å². The van der Waals surface area contributed by atoms with E-state index in [1.54, 1.807) is 0 Å². The summed E-state index contributed by atoms with van der Waals surface area (Å²) in [5.74, 6) is 0.609. The molecule has 0 saturated heterocycles. The Labute approximate surface area is 408 Å². The normalized spacial score (nSPS) is 12.2. The summed E-state index contributed by atoms with van der Waals surface area (Å²) in [7, 11) is -3.27. The Balaban J connectivity index is 1.03. The molecule has 5 heterocycles. The molecule has 15 rings (SSSR count). The highest BCUT2D eigenvalue weighted by molar-refractivity contribution is 7.20. The highest BCUT2D eigenvalue weighted by Gasteiger charge is 2.45. The molecule has 0 saturated carbocycles. The zero-order valence-corrected chi connectivity index (χ0v) is 39.3. The second-order valence-electron chi connectivity index (χ2n) is 18.5. The van der Waals surface area contributed by atoms with Crippen molar-refractivity contribution in [2.45, 2.75) is 0 Å². The van der Waals surface area contributed by atoms with Crippen LogP contribution in [-0.2, 0) is 0 Å². The van der Waals surface area contributed by atoms with Crippen LogP contribution in [0.2, 0.25) is 0 Å². The highest BCUT2D eigenvalue weighted by atomic mass is 28.3. The molecule has 0 aliphatic heterocycles. The lowest BCUT2D eigenvalue weighted by Gasteiger charge is -2.33. The SMILES string of the molecule is c1ccc([Si](c2ccccc2)(c2ccnc(-n3c4ccc(-n5c6ccccc6c6ccccc65)cc4c4cc(-n5c6ccccc6c6ccccc65)ccc43)n2)c2cccc3c2oc2ccccc23)cc1. The number of furan rings is 1. The van der Waals surface area contributed by atoms with Crippen molar-refractivity contribution in [3.8, 4) is 17.3 Å². The van der Waals surface area contributed by atoms with Crippen LogP contribution in [0.1, 0.15) is 0 Å². The first-order valence-electron chi connectivity index (χ1n) is 24.1. The molecule has 10 aromatic carbocycles. The molecule has 0 aliphatic rings.